The Morgan fingerprint density at radius 2 is 1.16 bits per heavy atom. The number of nitrogens with zero attached hydrogens (tertiary/aromatic N) is 6. The maximum atomic E-state index is 14.1. The third kappa shape index (κ3) is 11.6. The molecule has 0 spiro atoms. The third-order valence-electron chi connectivity index (χ3n) is 13.3. The Labute approximate surface area is 424 Å². The number of thioether (sulfide) groups is 2. The summed E-state index contributed by atoms with van der Waals surface area (Å²) in [5, 5.41) is 22.7. The zero-order chi connectivity index (χ0) is 48.3. The van der Waals surface area contributed by atoms with E-state index in [9.17, 15) is 14.0 Å². The molecular formula is C53H58BrFN10O3S2. The van der Waals surface area contributed by atoms with Crippen LogP contribution in [-0.2, 0) is 0 Å². The first kappa shape index (κ1) is 48.0. The maximum Gasteiger partial charge on any atom is 0.251 e. The van der Waals surface area contributed by atoms with Crippen LogP contribution in [0.1, 0.15) is 88.8 Å². The number of aromatic nitrogens is 6. The first-order chi connectivity index (χ1) is 34.0. The number of carbonyl (C=O) groups excluding carboxylic acids is 2. The Balaban J connectivity index is 0.000000166. The first-order valence-corrected chi connectivity index (χ1v) is 27.5. The van der Waals surface area contributed by atoms with E-state index in [1.54, 1.807) is 16.8 Å². The summed E-state index contributed by atoms with van der Waals surface area (Å²) in [4.78, 5) is 34.5. The number of hydrogen-bond donors (Lipinski definition) is 4. The van der Waals surface area contributed by atoms with Crippen molar-refractivity contribution in [1.82, 2.24) is 39.8 Å². The lowest BCUT2D eigenvalue weighted by Crippen LogP contribution is -2.26. The van der Waals surface area contributed by atoms with E-state index in [4.69, 9.17) is 14.8 Å². The topological polar surface area (TPSA) is 152 Å². The lowest BCUT2D eigenvalue weighted by atomic mass is 10.0. The number of anilines is 2. The molecule has 2 aliphatic carbocycles. The van der Waals surface area contributed by atoms with Crippen LogP contribution in [0.5, 0.6) is 11.6 Å². The van der Waals surface area contributed by atoms with Crippen LogP contribution in [0.2, 0.25) is 0 Å². The smallest absolute Gasteiger partial charge is 0.251 e. The van der Waals surface area contributed by atoms with Crippen LogP contribution in [0.25, 0.3) is 33.8 Å². The standard InChI is InChI=1S/C30H32FN5O2S.C23H26BrN5OS/c1-18-11-22(31)14-24(12-18)38-28-15-26(32-16-20-7-9-39-10-8-20)29-33-17-27(36(29)35-28)21-3-6-25(19(2)13-21)30(37)34-23-4-5-23;1-14-10-16(2-5-18(14)23(30)27-17-3-4-17)20-13-26-22-19(11-21(24)28-29(20)22)25-12-15-6-8-31-9-7-15/h3,6,11-15,17,20,23,32H,4-5,7-10,16H2,1-2H3,(H,34,37);2,5,10-11,13,15,17,25H,3-4,6-9,12H2,1H3,(H,27,30). The molecule has 0 atom stereocenters. The van der Waals surface area contributed by atoms with Gasteiger partial charge in [-0.1, -0.05) is 12.1 Å². The molecule has 2 amide bonds. The van der Waals surface area contributed by atoms with Crippen molar-refractivity contribution in [2.75, 3.05) is 46.7 Å². The molecule has 4 aliphatic rings. The van der Waals surface area contributed by atoms with Gasteiger partial charge in [-0.05, 0) is 182 Å². The van der Waals surface area contributed by atoms with Gasteiger partial charge in [-0.25, -0.2) is 23.4 Å². The fourth-order valence-electron chi connectivity index (χ4n) is 9.02. The van der Waals surface area contributed by atoms with Gasteiger partial charge in [0.1, 0.15) is 16.2 Å². The van der Waals surface area contributed by atoms with Gasteiger partial charge >= 0.3 is 0 Å². The number of carbonyl (C=O) groups is 2. The molecule has 0 bridgehead atoms. The minimum Gasteiger partial charge on any atom is -0.437 e. The predicted octanol–water partition coefficient (Wildman–Crippen LogP) is 11.3. The lowest BCUT2D eigenvalue weighted by Gasteiger charge is -2.22. The normalized spacial score (nSPS) is 16.4. The van der Waals surface area contributed by atoms with Crippen molar-refractivity contribution in [2.45, 2.75) is 84.2 Å². The Kier molecular flexibility index (Phi) is 14.7. The van der Waals surface area contributed by atoms with Crippen molar-refractivity contribution in [3.8, 4) is 34.1 Å². The molecule has 2 aliphatic heterocycles. The molecule has 0 radical (unpaired) electrons. The molecule has 17 heteroatoms. The van der Waals surface area contributed by atoms with Crippen LogP contribution in [0.4, 0.5) is 15.8 Å². The summed E-state index contributed by atoms with van der Waals surface area (Å²) in [5.41, 5.74) is 10.9. The number of fused-ring (bicyclic) bond motifs is 2. The second-order valence-corrected chi connectivity index (χ2v) is 22.3. The number of benzene rings is 3. The summed E-state index contributed by atoms with van der Waals surface area (Å²) in [6.45, 7) is 7.54. The summed E-state index contributed by atoms with van der Waals surface area (Å²) < 4.78 is 24.5. The van der Waals surface area contributed by atoms with Gasteiger partial charge in [0.25, 0.3) is 11.8 Å². The summed E-state index contributed by atoms with van der Waals surface area (Å²) in [5.74, 6) is 6.53. The maximum absolute atomic E-state index is 14.1. The zero-order valence-corrected chi connectivity index (χ0v) is 42.9. The minimum absolute atomic E-state index is 0.0122. The molecule has 4 fully saturated rings. The average Bonchev–Trinajstić information content (AvgIpc) is 4.27. The van der Waals surface area contributed by atoms with Gasteiger partial charge in [0.2, 0.25) is 5.88 Å². The summed E-state index contributed by atoms with van der Waals surface area (Å²) in [6.07, 6.45) is 12.8. The van der Waals surface area contributed by atoms with Crippen LogP contribution in [0.3, 0.4) is 0 Å². The predicted molar refractivity (Wildman–Crippen MR) is 283 cm³/mol. The summed E-state index contributed by atoms with van der Waals surface area (Å²) >= 11 is 7.62. The van der Waals surface area contributed by atoms with Crippen molar-refractivity contribution in [1.29, 1.82) is 0 Å². The van der Waals surface area contributed by atoms with E-state index in [2.05, 4.69) is 47.3 Å². The van der Waals surface area contributed by atoms with Crippen molar-refractivity contribution >= 4 is 73.9 Å². The molecular weight excluding hydrogens is 988 g/mol. The fourth-order valence-corrected chi connectivity index (χ4v) is 11.8. The van der Waals surface area contributed by atoms with Crippen molar-refractivity contribution in [3.05, 3.63) is 117 Å². The molecule has 4 N–H and O–H groups in total. The van der Waals surface area contributed by atoms with E-state index in [1.165, 1.54) is 60.8 Å². The molecule has 6 heterocycles. The van der Waals surface area contributed by atoms with Crippen LogP contribution >= 0.6 is 39.5 Å². The summed E-state index contributed by atoms with van der Waals surface area (Å²) in [7, 11) is 0. The van der Waals surface area contributed by atoms with Gasteiger partial charge in [-0.2, -0.15) is 28.6 Å². The Hall–Kier alpha value is -5.65. The molecule has 70 heavy (non-hydrogen) atoms. The number of amides is 2. The zero-order valence-electron chi connectivity index (χ0n) is 39.7. The van der Waals surface area contributed by atoms with E-state index < -0.39 is 0 Å². The van der Waals surface area contributed by atoms with Crippen LogP contribution < -0.4 is 26.0 Å². The number of nitrogens with one attached hydrogen (secondary N) is 4. The Morgan fingerprint density at radius 1 is 0.657 bits per heavy atom. The lowest BCUT2D eigenvalue weighted by molar-refractivity contribution is 0.0942. The van der Waals surface area contributed by atoms with E-state index in [-0.39, 0.29) is 17.6 Å². The van der Waals surface area contributed by atoms with E-state index in [0.29, 0.717) is 46.8 Å². The number of aryl methyl sites for hydroxylation is 3. The highest BCUT2D eigenvalue weighted by atomic mass is 79.9. The first-order valence-electron chi connectivity index (χ1n) is 24.4. The molecule has 0 unspecified atom stereocenters. The van der Waals surface area contributed by atoms with Crippen molar-refractivity contribution < 1.29 is 18.7 Å². The molecule has 4 aromatic heterocycles. The van der Waals surface area contributed by atoms with Gasteiger partial charge in [0.05, 0.1) is 35.2 Å². The van der Waals surface area contributed by atoms with Crippen molar-refractivity contribution in [2.24, 2.45) is 11.8 Å². The Morgan fingerprint density at radius 3 is 1.64 bits per heavy atom. The highest BCUT2D eigenvalue weighted by molar-refractivity contribution is 9.10. The molecule has 3 aromatic carbocycles. The largest absolute Gasteiger partial charge is 0.437 e. The highest BCUT2D eigenvalue weighted by Gasteiger charge is 2.26. The van der Waals surface area contributed by atoms with Crippen LogP contribution in [-0.4, -0.2) is 89.2 Å². The SMILES string of the molecule is Cc1cc(-c2cnc3c(NCC4CCSCC4)cc(Br)nn23)ccc1C(=O)NC1CC1.Cc1cc(F)cc(Oc2cc(NCC3CCSCC3)c3ncc(-c4ccc(C(=O)NC5CC5)c(C)c4)n3n2)c1. The number of ether oxygens (including phenoxy) is 1. The van der Waals surface area contributed by atoms with Crippen LogP contribution in [0.15, 0.2) is 83.7 Å². The number of rotatable bonds is 14. The van der Waals surface area contributed by atoms with E-state index in [0.717, 1.165) is 105 Å². The molecule has 2 saturated heterocycles. The van der Waals surface area contributed by atoms with E-state index in [1.807, 2.05) is 104 Å². The molecule has 7 aromatic rings. The highest BCUT2D eigenvalue weighted by Crippen LogP contribution is 2.33. The third-order valence-corrected chi connectivity index (χ3v) is 15.8. The Bertz CT molecular complexity index is 3030. The number of halogens is 2. The second kappa shape index (κ2) is 21.4. The van der Waals surface area contributed by atoms with Gasteiger partial charge in [-0.3, -0.25) is 9.59 Å². The monoisotopic (exact) mass is 1040 g/mol. The molecule has 2 saturated carbocycles. The average molecular weight is 1050 g/mol. The molecule has 11 rings (SSSR count). The number of hydrogen-bond acceptors (Lipinski definition) is 11. The van der Waals surface area contributed by atoms with Crippen LogP contribution in [0, 0.1) is 38.4 Å². The van der Waals surface area contributed by atoms with Gasteiger partial charge in [-0.15, -0.1) is 5.10 Å². The molecule has 364 valence electrons. The van der Waals surface area contributed by atoms with Gasteiger partial charge < -0.3 is 26.0 Å². The number of imidazole rings is 2. The quantitative estimate of drug-likeness (QED) is 0.0824. The minimum atomic E-state index is -0.357. The van der Waals surface area contributed by atoms with E-state index >= 15 is 0 Å². The fraction of sp³-hybridized carbons (Fsp3) is 0.396. The summed E-state index contributed by atoms with van der Waals surface area (Å²) in [6, 6.07) is 20.8. The van der Waals surface area contributed by atoms with Crippen molar-refractivity contribution in [3.63, 3.8) is 0 Å². The van der Waals surface area contributed by atoms with Gasteiger partial charge in [0, 0.05) is 59.6 Å². The van der Waals surface area contributed by atoms with Gasteiger partial charge in [0.15, 0.2) is 11.3 Å². The second-order valence-electron chi connectivity index (χ2n) is 19.0. The molecule has 13 nitrogen and oxygen atoms in total.